The third kappa shape index (κ3) is 5.19. The van der Waals surface area contributed by atoms with Gasteiger partial charge in [-0.3, -0.25) is 9.59 Å². The third-order valence-electron chi connectivity index (χ3n) is 7.06. The molecule has 1 saturated heterocycles. The number of ether oxygens (including phenoxy) is 2. The summed E-state index contributed by atoms with van der Waals surface area (Å²) in [7, 11) is 0. The molecule has 2 aliphatic rings. The fraction of sp³-hybridized carbons (Fsp3) is 0.429. The first-order valence-corrected chi connectivity index (χ1v) is 12.8. The molecule has 9 heteroatoms. The first-order valence-electron chi connectivity index (χ1n) is 12.8. The molecule has 0 saturated carbocycles. The number of halogens is 1. The molecule has 2 N–H and O–H groups in total. The van der Waals surface area contributed by atoms with Gasteiger partial charge in [0.1, 0.15) is 19.3 Å². The van der Waals surface area contributed by atoms with Crippen molar-refractivity contribution in [2.45, 2.75) is 44.9 Å². The van der Waals surface area contributed by atoms with Crippen molar-refractivity contribution < 1.29 is 28.6 Å². The summed E-state index contributed by atoms with van der Waals surface area (Å²) in [5, 5.41) is 15.0. The lowest BCUT2D eigenvalue weighted by Crippen LogP contribution is -2.48. The predicted molar refractivity (Wildman–Crippen MR) is 137 cm³/mol. The minimum Gasteiger partial charge on any atom is -0.486 e. The number of aliphatic hydroxyl groups excluding tert-OH is 1. The van der Waals surface area contributed by atoms with Crippen LogP contribution in [-0.2, 0) is 4.79 Å². The van der Waals surface area contributed by atoms with E-state index in [4.69, 9.17) is 9.47 Å². The second-order valence-electron chi connectivity index (χ2n) is 9.98. The molecule has 2 atom stereocenters. The summed E-state index contributed by atoms with van der Waals surface area (Å²) in [4.78, 5) is 28.4. The molecule has 3 aromatic rings. The number of fused-ring (bicyclic) bond motifs is 2. The lowest BCUT2D eigenvalue weighted by atomic mass is 9.99. The highest BCUT2D eigenvalue weighted by Gasteiger charge is 2.31. The average molecular weight is 510 g/mol. The number of ketones is 1. The highest BCUT2D eigenvalue weighted by molar-refractivity contribution is 6.43. The Morgan fingerprint density at radius 3 is 2.59 bits per heavy atom. The molecular weight excluding hydrogens is 477 g/mol. The van der Waals surface area contributed by atoms with Gasteiger partial charge in [-0.2, -0.15) is 0 Å². The van der Waals surface area contributed by atoms with Crippen molar-refractivity contribution in [2.24, 2.45) is 0 Å². The number of aromatic nitrogens is 1. The maximum Gasteiger partial charge on any atom is 0.292 e. The van der Waals surface area contributed by atoms with Crippen LogP contribution in [0.3, 0.4) is 0 Å². The van der Waals surface area contributed by atoms with E-state index in [1.165, 1.54) is 12.1 Å². The van der Waals surface area contributed by atoms with Crippen molar-refractivity contribution in [3.8, 4) is 11.5 Å². The number of hydrogen-bond donors (Lipinski definition) is 2. The van der Waals surface area contributed by atoms with Gasteiger partial charge in [-0.05, 0) is 75.0 Å². The molecular formula is C28H32FN3O5. The molecule has 0 aliphatic carbocycles. The Labute approximate surface area is 215 Å². The second kappa shape index (κ2) is 10.5. The van der Waals surface area contributed by atoms with Crippen LogP contribution in [-0.4, -0.2) is 65.2 Å². The molecule has 0 radical (unpaired) electrons. The summed E-state index contributed by atoms with van der Waals surface area (Å²) < 4.78 is 27.6. The molecule has 3 heterocycles. The van der Waals surface area contributed by atoms with Crippen LogP contribution in [0, 0.1) is 5.82 Å². The van der Waals surface area contributed by atoms with E-state index in [0.29, 0.717) is 6.54 Å². The van der Waals surface area contributed by atoms with E-state index in [0.717, 1.165) is 36.8 Å². The monoisotopic (exact) mass is 509 g/mol. The maximum atomic E-state index is 14.7. The van der Waals surface area contributed by atoms with Crippen LogP contribution in [0.5, 0.6) is 11.5 Å². The van der Waals surface area contributed by atoms with E-state index in [1.54, 1.807) is 12.1 Å². The highest BCUT2D eigenvalue weighted by atomic mass is 19.1. The third-order valence-corrected chi connectivity index (χ3v) is 7.06. The molecule has 0 spiro atoms. The Morgan fingerprint density at radius 2 is 1.84 bits per heavy atom. The van der Waals surface area contributed by atoms with E-state index in [-0.39, 0.29) is 41.9 Å². The van der Waals surface area contributed by atoms with Crippen LogP contribution >= 0.6 is 0 Å². The van der Waals surface area contributed by atoms with Gasteiger partial charge in [-0.25, -0.2) is 4.39 Å². The fourth-order valence-corrected chi connectivity index (χ4v) is 5.11. The number of nitrogens with one attached hydrogen (secondary N) is 1. The molecule has 196 valence electrons. The first kappa shape index (κ1) is 25.2. The molecule has 0 unspecified atom stereocenters. The summed E-state index contributed by atoms with van der Waals surface area (Å²) in [6.07, 6.45) is 2.73. The average Bonchev–Trinajstić information content (AvgIpc) is 3.57. The van der Waals surface area contributed by atoms with E-state index >= 15 is 0 Å². The molecule has 0 bridgehead atoms. The Balaban J connectivity index is 1.39. The van der Waals surface area contributed by atoms with Crippen molar-refractivity contribution in [3.05, 3.63) is 59.5 Å². The minimum absolute atomic E-state index is 0.0130. The van der Waals surface area contributed by atoms with Crippen LogP contribution < -0.4 is 14.8 Å². The smallest absolute Gasteiger partial charge is 0.292 e. The van der Waals surface area contributed by atoms with Crippen molar-refractivity contribution in [3.63, 3.8) is 0 Å². The molecule has 1 fully saturated rings. The molecule has 1 amide bonds. The summed E-state index contributed by atoms with van der Waals surface area (Å²) in [6, 6.07) is 9.24. The summed E-state index contributed by atoms with van der Waals surface area (Å²) in [5.74, 6) is -1.92. The second-order valence-corrected chi connectivity index (χ2v) is 9.98. The number of aliphatic hydroxyl groups is 1. The number of rotatable bonds is 8. The van der Waals surface area contributed by atoms with Crippen molar-refractivity contribution in [1.82, 2.24) is 14.8 Å². The number of amides is 1. The number of carbonyl (C=O) groups is 2. The largest absolute Gasteiger partial charge is 0.486 e. The van der Waals surface area contributed by atoms with Gasteiger partial charge in [0.15, 0.2) is 17.3 Å². The number of nitrogens with zero attached hydrogens (tertiary/aromatic N) is 2. The number of likely N-dealkylation sites (tertiary alicyclic amines) is 1. The normalized spacial score (nSPS) is 17.2. The van der Waals surface area contributed by atoms with E-state index in [1.807, 2.05) is 36.7 Å². The van der Waals surface area contributed by atoms with Crippen LogP contribution in [0.15, 0.2) is 42.6 Å². The topological polar surface area (TPSA) is 93.0 Å². The fourth-order valence-electron chi connectivity index (χ4n) is 5.11. The standard InChI is InChI=1S/C28H32FN3O5/c1-17(2)32-10-7-18-5-6-19(14-23(18)32)26(34)28(35)30-22(16-31-8-3-4-9-31)25(33)20-13-21(29)27-24(15-20)36-11-12-37-27/h5-7,10,13-15,17,22,25,33H,3-4,8-9,11-12,16H2,1-2H3,(H,30,35)/t22-,25+/m1/s1. The van der Waals surface area contributed by atoms with Gasteiger partial charge in [0, 0.05) is 29.9 Å². The minimum atomic E-state index is -1.26. The predicted octanol–water partition coefficient (Wildman–Crippen LogP) is 3.63. The first-order chi connectivity index (χ1) is 17.8. The maximum absolute atomic E-state index is 14.7. The molecule has 1 aromatic heterocycles. The molecule has 37 heavy (non-hydrogen) atoms. The Hall–Kier alpha value is -3.43. The highest BCUT2D eigenvalue weighted by Crippen LogP contribution is 2.36. The summed E-state index contributed by atoms with van der Waals surface area (Å²) in [6.45, 7) is 6.59. The SMILES string of the molecule is CC(C)n1ccc2ccc(C(=O)C(=O)N[C@H](CN3CCCC3)[C@@H](O)c3cc(F)c4c(c3)OCCO4)cc21. The van der Waals surface area contributed by atoms with Gasteiger partial charge in [0.05, 0.1) is 6.04 Å². The van der Waals surface area contributed by atoms with Crippen LogP contribution in [0.25, 0.3) is 10.9 Å². The van der Waals surface area contributed by atoms with Crippen molar-refractivity contribution >= 4 is 22.6 Å². The van der Waals surface area contributed by atoms with E-state index in [2.05, 4.69) is 10.2 Å². The zero-order valence-electron chi connectivity index (χ0n) is 21.1. The lowest BCUT2D eigenvalue weighted by Gasteiger charge is -2.29. The molecule has 2 aliphatic heterocycles. The van der Waals surface area contributed by atoms with Gasteiger partial charge in [-0.15, -0.1) is 0 Å². The number of benzene rings is 2. The Morgan fingerprint density at radius 1 is 1.08 bits per heavy atom. The summed E-state index contributed by atoms with van der Waals surface area (Å²) >= 11 is 0. The van der Waals surface area contributed by atoms with Crippen LogP contribution in [0.1, 0.15) is 54.8 Å². The van der Waals surface area contributed by atoms with E-state index in [9.17, 15) is 19.1 Å². The Bertz CT molecular complexity index is 1310. The zero-order valence-corrected chi connectivity index (χ0v) is 21.1. The van der Waals surface area contributed by atoms with Gasteiger partial charge in [0.2, 0.25) is 5.78 Å². The number of Topliss-reactive ketones (excluding diaryl/α,β-unsaturated/α-hetero) is 1. The van der Waals surface area contributed by atoms with Gasteiger partial charge in [0.25, 0.3) is 5.91 Å². The van der Waals surface area contributed by atoms with E-state index < -0.39 is 29.7 Å². The van der Waals surface area contributed by atoms with Crippen LogP contribution in [0.2, 0.25) is 0 Å². The van der Waals surface area contributed by atoms with Crippen LogP contribution in [0.4, 0.5) is 4.39 Å². The van der Waals surface area contributed by atoms with Gasteiger partial charge in [-0.1, -0.05) is 12.1 Å². The molecule has 5 rings (SSSR count). The molecule has 8 nitrogen and oxygen atoms in total. The lowest BCUT2D eigenvalue weighted by molar-refractivity contribution is -0.118. The summed E-state index contributed by atoms with van der Waals surface area (Å²) in [5.41, 5.74) is 1.38. The van der Waals surface area contributed by atoms with Crippen molar-refractivity contribution in [2.75, 3.05) is 32.8 Å². The number of hydrogen-bond acceptors (Lipinski definition) is 6. The molecule has 2 aromatic carbocycles. The van der Waals surface area contributed by atoms with Gasteiger partial charge < -0.3 is 29.4 Å². The number of carbonyl (C=O) groups excluding carboxylic acids is 2. The Kier molecular flexibility index (Phi) is 7.17. The van der Waals surface area contributed by atoms with Gasteiger partial charge >= 0.3 is 0 Å². The zero-order chi connectivity index (χ0) is 26.1. The van der Waals surface area contributed by atoms with Crippen molar-refractivity contribution in [1.29, 1.82) is 0 Å². The quantitative estimate of drug-likeness (QED) is 0.356.